The van der Waals surface area contributed by atoms with E-state index in [9.17, 15) is 19.0 Å². The number of carbonyl (C=O) groups excluding carboxylic acids is 2. The molecule has 0 saturated carbocycles. The van der Waals surface area contributed by atoms with Crippen LogP contribution in [0.3, 0.4) is 0 Å². The number of ether oxygens (including phenoxy) is 2. The molecule has 0 amide bonds. The molecule has 9 nitrogen and oxygen atoms in total. The maximum Gasteiger partial charge on any atom is 0.472 e. The number of phosphoric acid groups is 1. The minimum Gasteiger partial charge on any atom is -0.462 e. The Morgan fingerprint density at radius 1 is 0.337 bits per heavy atom. The van der Waals surface area contributed by atoms with Crippen molar-refractivity contribution in [2.75, 3.05) is 26.4 Å². The minimum absolute atomic E-state index is 0.0549. The summed E-state index contributed by atoms with van der Waals surface area (Å²) in [6.45, 7) is 3.79. The second-order valence-electron chi connectivity index (χ2n) is 26.2. The highest BCUT2D eigenvalue weighted by Gasteiger charge is 2.26. The lowest BCUT2D eigenvalue weighted by atomic mass is 10.0. The molecule has 0 saturated heterocycles. The molecule has 522 valence electrons. The van der Waals surface area contributed by atoms with E-state index in [0.29, 0.717) is 6.42 Å². The Morgan fingerprint density at radius 3 is 0.865 bits per heavy atom. The molecule has 0 radical (unpaired) electrons. The zero-order valence-electron chi connectivity index (χ0n) is 58.9. The molecule has 0 aromatic heterocycles. The molecule has 89 heavy (non-hydrogen) atoms. The van der Waals surface area contributed by atoms with E-state index in [1.807, 2.05) is 0 Å². The van der Waals surface area contributed by atoms with Gasteiger partial charge in [-0.3, -0.25) is 18.6 Å². The Bertz CT molecular complexity index is 1640. The molecule has 3 N–H and O–H groups in total. The van der Waals surface area contributed by atoms with Gasteiger partial charge in [0.2, 0.25) is 0 Å². The Balaban J connectivity index is 3.78. The number of phosphoric ester groups is 1. The van der Waals surface area contributed by atoms with Crippen molar-refractivity contribution in [1.82, 2.24) is 0 Å². The smallest absolute Gasteiger partial charge is 0.462 e. The Labute approximate surface area is 552 Å². The minimum atomic E-state index is -4.39. The van der Waals surface area contributed by atoms with Gasteiger partial charge < -0.3 is 20.1 Å². The molecule has 0 aromatic carbocycles. The average Bonchev–Trinajstić information content (AvgIpc) is 3.58. The topological polar surface area (TPSA) is 134 Å². The lowest BCUT2D eigenvalue weighted by molar-refractivity contribution is -0.161. The van der Waals surface area contributed by atoms with Crippen LogP contribution in [-0.4, -0.2) is 49.3 Å². The maximum absolute atomic E-state index is 12.8. The van der Waals surface area contributed by atoms with Crippen LogP contribution in [0.25, 0.3) is 0 Å². The van der Waals surface area contributed by atoms with Crippen molar-refractivity contribution in [3.05, 3.63) is 60.8 Å². The molecule has 2 atom stereocenters. The van der Waals surface area contributed by atoms with Crippen molar-refractivity contribution in [3.8, 4) is 0 Å². The zero-order valence-corrected chi connectivity index (χ0v) is 59.8. The molecular weight excluding hydrogens is 1120 g/mol. The predicted molar refractivity (Wildman–Crippen MR) is 386 cm³/mol. The van der Waals surface area contributed by atoms with E-state index in [2.05, 4.69) is 74.6 Å². The highest BCUT2D eigenvalue weighted by Crippen LogP contribution is 2.43. The summed E-state index contributed by atoms with van der Waals surface area (Å²) in [5.74, 6) is -0.806. The summed E-state index contributed by atoms with van der Waals surface area (Å²) in [6.07, 6.45) is 97.8. The third kappa shape index (κ3) is 74.6. The van der Waals surface area contributed by atoms with Gasteiger partial charge in [0.05, 0.1) is 13.2 Å². The molecule has 10 heteroatoms. The standard InChI is InChI=1S/C79H148NO8P/c1-3-5-7-9-11-13-15-17-19-21-23-25-27-29-31-33-35-37-38-40-41-43-45-47-49-51-53-55-57-59-61-63-65-67-69-71-78(81)85-75-77(76-87-89(83,84)86-74-73-80)88-79(82)72-70-68-66-64-62-60-58-56-54-52-50-48-46-44-42-39-36-34-32-30-28-26-24-22-20-18-16-14-12-10-8-6-4-2/h15-18,21-24,28,30,77H,3-14,19-20,25-27,29,31-76,80H2,1-2H3,(H,83,84)/b17-15-,18-16-,23-21-,24-22-,30-28-. The van der Waals surface area contributed by atoms with Crippen LogP contribution in [-0.2, 0) is 32.7 Å². The van der Waals surface area contributed by atoms with Gasteiger partial charge in [-0.2, -0.15) is 0 Å². The first-order valence-electron chi connectivity index (χ1n) is 38.8. The van der Waals surface area contributed by atoms with Crippen LogP contribution in [0.1, 0.15) is 399 Å². The van der Waals surface area contributed by atoms with Gasteiger partial charge in [-0.05, 0) is 83.5 Å². The summed E-state index contributed by atoms with van der Waals surface area (Å²) < 4.78 is 33.3. The third-order valence-electron chi connectivity index (χ3n) is 17.4. The monoisotopic (exact) mass is 1270 g/mol. The van der Waals surface area contributed by atoms with E-state index in [4.69, 9.17) is 24.3 Å². The van der Waals surface area contributed by atoms with E-state index < -0.39 is 26.5 Å². The van der Waals surface area contributed by atoms with Gasteiger partial charge in [0.1, 0.15) is 6.61 Å². The number of hydrogen-bond donors (Lipinski definition) is 2. The lowest BCUT2D eigenvalue weighted by Gasteiger charge is -2.19. The van der Waals surface area contributed by atoms with Crippen molar-refractivity contribution >= 4 is 19.8 Å². The van der Waals surface area contributed by atoms with Gasteiger partial charge in [-0.15, -0.1) is 0 Å². The quantitative estimate of drug-likeness (QED) is 0.0264. The molecular formula is C79H148NO8P. The molecule has 0 aliphatic carbocycles. The van der Waals surface area contributed by atoms with Gasteiger partial charge in [-0.25, -0.2) is 4.57 Å². The number of unbranched alkanes of at least 4 members (excludes halogenated alkanes) is 51. The first kappa shape index (κ1) is 86.7. The van der Waals surface area contributed by atoms with E-state index >= 15 is 0 Å². The van der Waals surface area contributed by atoms with Crippen LogP contribution in [0.5, 0.6) is 0 Å². The Morgan fingerprint density at radius 2 is 0.584 bits per heavy atom. The molecule has 2 unspecified atom stereocenters. The second kappa shape index (κ2) is 74.7. The summed E-state index contributed by atoms with van der Waals surface area (Å²) >= 11 is 0. The summed E-state index contributed by atoms with van der Waals surface area (Å²) in [7, 11) is -4.39. The molecule has 0 spiro atoms. The molecule has 0 aliphatic rings. The molecule has 0 fully saturated rings. The summed E-state index contributed by atoms with van der Waals surface area (Å²) in [5, 5.41) is 0. The van der Waals surface area contributed by atoms with Crippen LogP contribution in [0, 0.1) is 0 Å². The average molecular weight is 1270 g/mol. The van der Waals surface area contributed by atoms with Crippen LogP contribution >= 0.6 is 7.82 Å². The van der Waals surface area contributed by atoms with Crippen molar-refractivity contribution in [2.45, 2.75) is 405 Å². The fraction of sp³-hybridized carbons (Fsp3) is 0.848. The molecule has 0 aliphatic heterocycles. The van der Waals surface area contributed by atoms with Crippen LogP contribution < -0.4 is 5.73 Å². The van der Waals surface area contributed by atoms with Crippen molar-refractivity contribution in [2.24, 2.45) is 5.73 Å². The number of carbonyl (C=O) groups is 2. The first-order chi connectivity index (χ1) is 43.8. The number of nitrogens with two attached hydrogens (primary N) is 1. The number of esters is 2. The van der Waals surface area contributed by atoms with Crippen molar-refractivity contribution in [3.63, 3.8) is 0 Å². The molecule has 0 bridgehead atoms. The Kier molecular flexibility index (Phi) is 72.8. The normalized spacial score (nSPS) is 13.2. The third-order valence-corrected chi connectivity index (χ3v) is 18.4. The maximum atomic E-state index is 12.8. The molecule has 0 rings (SSSR count). The summed E-state index contributed by atoms with van der Waals surface area (Å²) in [6, 6.07) is 0. The van der Waals surface area contributed by atoms with Crippen LogP contribution in [0.15, 0.2) is 60.8 Å². The predicted octanol–water partition coefficient (Wildman–Crippen LogP) is 25.8. The SMILES string of the molecule is CCCCCCC/C=C\C/C=C\C/C=C\CCCCCCCCCCCCCCCCCCCCC(=O)OC(COC(=O)CCCCCCCCCCCCCCCCCCCCCCCCC/C=C\C/C=C\CCCCCCC)COP(=O)(O)OCCN. The van der Waals surface area contributed by atoms with E-state index in [0.717, 1.165) is 51.4 Å². The molecule has 0 heterocycles. The first-order valence-corrected chi connectivity index (χ1v) is 40.3. The van der Waals surface area contributed by atoms with Gasteiger partial charge in [0, 0.05) is 19.4 Å². The van der Waals surface area contributed by atoms with Crippen LogP contribution in [0.2, 0.25) is 0 Å². The van der Waals surface area contributed by atoms with E-state index in [1.165, 1.54) is 315 Å². The fourth-order valence-electron chi connectivity index (χ4n) is 11.6. The summed E-state index contributed by atoms with van der Waals surface area (Å²) in [5.41, 5.74) is 5.41. The highest BCUT2D eigenvalue weighted by molar-refractivity contribution is 7.47. The molecule has 0 aromatic rings. The second-order valence-corrected chi connectivity index (χ2v) is 27.7. The zero-order chi connectivity index (χ0) is 64.4. The summed E-state index contributed by atoms with van der Waals surface area (Å²) in [4.78, 5) is 35.4. The van der Waals surface area contributed by atoms with Crippen LogP contribution in [0.4, 0.5) is 0 Å². The van der Waals surface area contributed by atoms with Gasteiger partial charge in [0.25, 0.3) is 0 Å². The lowest BCUT2D eigenvalue weighted by Crippen LogP contribution is -2.29. The fourth-order valence-corrected chi connectivity index (χ4v) is 12.4. The van der Waals surface area contributed by atoms with E-state index in [1.54, 1.807) is 0 Å². The van der Waals surface area contributed by atoms with Gasteiger partial charge >= 0.3 is 19.8 Å². The largest absolute Gasteiger partial charge is 0.472 e. The van der Waals surface area contributed by atoms with Crippen molar-refractivity contribution in [1.29, 1.82) is 0 Å². The Hall–Kier alpha value is -2.29. The van der Waals surface area contributed by atoms with Gasteiger partial charge in [-0.1, -0.05) is 364 Å². The number of hydrogen-bond acceptors (Lipinski definition) is 8. The number of allylic oxidation sites excluding steroid dienone is 10. The van der Waals surface area contributed by atoms with E-state index in [-0.39, 0.29) is 38.6 Å². The van der Waals surface area contributed by atoms with Crippen molar-refractivity contribution < 1.29 is 37.6 Å². The van der Waals surface area contributed by atoms with Gasteiger partial charge in [0.15, 0.2) is 6.10 Å². The highest BCUT2D eigenvalue weighted by atomic mass is 31.2. The number of rotatable bonds is 74.